The Kier molecular flexibility index (Phi) is 5.12. The molecule has 7 nitrogen and oxygen atoms in total. The smallest absolute Gasteiger partial charge is 0.252 e. The maximum atomic E-state index is 12.0. The number of amides is 1. The van der Waals surface area contributed by atoms with E-state index in [4.69, 9.17) is 15.5 Å². The van der Waals surface area contributed by atoms with E-state index in [1.54, 1.807) is 16.8 Å². The van der Waals surface area contributed by atoms with E-state index >= 15 is 0 Å². The van der Waals surface area contributed by atoms with Crippen LogP contribution >= 0.6 is 0 Å². The maximum Gasteiger partial charge on any atom is 0.252 e. The minimum Gasteiger partial charge on any atom is -0.476 e. The number of hydrogen-bond acceptors (Lipinski definition) is 5. The molecule has 1 amide bonds. The Bertz CT molecular complexity index is 866. The van der Waals surface area contributed by atoms with E-state index in [-0.39, 0.29) is 11.0 Å². The molecule has 152 valence electrons. The molecule has 0 radical (unpaired) electrons. The van der Waals surface area contributed by atoms with Gasteiger partial charge in [-0.2, -0.15) is 0 Å². The summed E-state index contributed by atoms with van der Waals surface area (Å²) >= 11 is 0. The van der Waals surface area contributed by atoms with E-state index in [1.807, 2.05) is 12.3 Å². The molecular weight excluding hydrogens is 354 g/mol. The number of carbonyl (C=O) groups excluding carboxylic acids is 1. The summed E-state index contributed by atoms with van der Waals surface area (Å²) in [6, 6.07) is 5.31. The number of nitrogens with two attached hydrogens (primary N) is 1. The van der Waals surface area contributed by atoms with Gasteiger partial charge in [0, 0.05) is 24.3 Å². The third-order valence-corrected chi connectivity index (χ3v) is 4.91. The molecular formula is C21H31N5O2. The van der Waals surface area contributed by atoms with E-state index in [1.165, 1.54) is 0 Å². The topological polar surface area (TPSA) is 86.3 Å². The summed E-state index contributed by atoms with van der Waals surface area (Å²) in [5.41, 5.74) is 6.02. The Balaban J connectivity index is 1.94. The standard InChI is InChI=1S/C21H31N5O2/c1-14-11-21(5,6)25(12-14)19-15(18(22)27)7-8-16(23-19)26-10-9-17(24-26)28-13-20(2,3)4/h7-10,14H,11-13H2,1-6H3,(H2,22,27)/t14-/m0/s1. The molecule has 0 aliphatic carbocycles. The lowest BCUT2D eigenvalue weighted by molar-refractivity contribution is 0.100. The third kappa shape index (κ3) is 4.29. The molecule has 3 rings (SSSR count). The number of nitrogens with zero attached hydrogens (tertiary/aromatic N) is 4. The minimum absolute atomic E-state index is 0.0519. The van der Waals surface area contributed by atoms with Gasteiger partial charge >= 0.3 is 0 Å². The van der Waals surface area contributed by atoms with Crippen molar-refractivity contribution in [3.05, 3.63) is 30.0 Å². The maximum absolute atomic E-state index is 12.0. The van der Waals surface area contributed by atoms with Crippen LogP contribution in [0.25, 0.3) is 5.82 Å². The number of aromatic nitrogens is 3. The lowest BCUT2D eigenvalue weighted by Gasteiger charge is -2.33. The molecule has 2 aromatic heterocycles. The van der Waals surface area contributed by atoms with Crippen LogP contribution in [0.4, 0.5) is 5.82 Å². The molecule has 2 aromatic rings. The predicted molar refractivity (Wildman–Crippen MR) is 110 cm³/mol. The van der Waals surface area contributed by atoms with Crippen LogP contribution in [0.5, 0.6) is 5.88 Å². The lowest BCUT2D eigenvalue weighted by Crippen LogP contribution is -2.40. The van der Waals surface area contributed by atoms with Crippen LogP contribution in [0.15, 0.2) is 24.4 Å². The molecule has 1 saturated heterocycles. The fraction of sp³-hybridized carbons (Fsp3) is 0.571. The minimum atomic E-state index is -0.473. The van der Waals surface area contributed by atoms with Gasteiger partial charge in [-0.15, -0.1) is 5.10 Å². The van der Waals surface area contributed by atoms with Crippen LogP contribution in [-0.2, 0) is 0 Å². The highest BCUT2D eigenvalue weighted by molar-refractivity contribution is 5.98. The Morgan fingerprint density at radius 1 is 1.32 bits per heavy atom. The van der Waals surface area contributed by atoms with Gasteiger partial charge < -0.3 is 15.4 Å². The molecule has 1 aliphatic rings. The SMILES string of the molecule is C[C@@H]1CN(c2nc(-n3ccc(OCC(C)(C)C)n3)ccc2C(N)=O)C(C)(C)C1. The first-order chi connectivity index (χ1) is 13.0. The zero-order chi connectivity index (χ0) is 20.7. The van der Waals surface area contributed by atoms with Crippen molar-refractivity contribution >= 4 is 11.7 Å². The number of carbonyl (C=O) groups is 1. The second-order valence-electron chi connectivity index (χ2n) is 9.59. The van der Waals surface area contributed by atoms with Crippen molar-refractivity contribution in [1.82, 2.24) is 14.8 Å². The summed E-state index contributed by atoms with van der Waals surface area (Å²) in [6.45, 7) is 14.3. The van der Waals surface area contributed by atoms with E-state index in [0.717, 1.165) is 13.0 Å². The first-order valence-electron chi connectivity index (χ1n) is 9.74. The van der Waals surface area contributed by atoms with Crippen LogP contribution in [0, 0.1) is 11.3 Å². The normalized spacial score (nSPS) is 19.1. The first kappa shape index (κ1) is 20.2. The second kappa shape index (κ2) is 7.11. The van der Waals surface area contributed by atoms with Crippen molar-refractivity contribution in [1.29, 1.82) is 0 Å². The number of primary amides is 1. The van der Waals surface area contributed by atoms with Gasteiger partial charge in [0.15, 0.2) is 5.82 Å². The monoisotopic (exact) mass is 385 g/mol. The Morgan fingerprint density at radius 3 is 2.61 bits per heavy atom. The van der Waals surface area contributed by atoms with Crippen LogP contribution < -0.4 is 15.4 Å². The van der Waals surface area contributed by atoms with Crippen molar-refractivity contribution in [2.45, 2.75) is 53.5 Å². The van der Waals surface area contributed by atoms with Crippen molar-refractivity contribution in [2.24, 2.45) is 17.1 Å². The van der Waals surface area contributed by atoms with E-state index < -0.39 is 5.91 Å². The second-order valence-corrected chi connectivity index (χ2v) is 9.59. The van der Waals surface area contributed by atoms with E-state index in [2.05, 4.69) is 51.5 Å². The van der Waals surface area contributed by atoms with Crippen molar-refractivity contribution in [3.63, 3.8) is 0 Å². The Labute approximate surface area is 166 Å². The fourth-order valence-corrected chi connectivity index (χ4v) is 3.73. The fourth-order valence-electron chi connectivity index (χ4n) is 3.73. The van der Waals surface area contributed by atoms with Crippen LogP contribution in [-0.4, -0.2) is 39.4 Å². The van der Waals surface area contributed by atoms with Gasteiger partial charge in [0.05, 0.1) is 12.2 Å². The van der Waals surface area contributed by atoms with Gasteiger partial charge in [0.1, 0.15) is 5.82 Å². The number of hydrogen-bond donors (Lipinski definition) is 1. The summed E-state index contributed by atoms with van der Waals surface area (Å²) in [7, 11) is 0. The van der Waals surface area contributed by atoms with Gasteiger partial charge in [0.2, 0.25) is 5.88 Å². The third-order valence-electron chi connectivity index (χ3n) is 4.91. The van der Waals surface area contributed by atoms with Gasteiger partial charge in [-0.25, -0.2) is 9.67 Å². The molecule has 0 saturated carbocycles. The number of anilines is 1. The average Bonchev–Trinajstić information content (AvgIpc) is 3.15. The molecule has 1 aliphatic heterocycles. The quantitative estimate of drug-likeness (QED) is 0.852. The van der Waals surface area contributed by atoms with Gasteiger partial charge in [-0.05, 0) is 43.7 Å². The predicted octanol–water partition coefficient (Wildman–Crippen LogP) is 3.42. The number of ether oxygens (including phenoxy) is 1. The molecule has 3 heterocycles. The summed E-state index contributed by atoms with van der Waals surface area (Å²) in [6.07, 6.45) is 2.84. The molecule has 1 fully saturated rings. The Hall–Kier alpha value is -2.57. The molecule has 2 N–H and O–H groups in total. The molecule has 0 unspecified atom stereocenters. The van der Waals surface area contributed by atoms with Gasteiger partial charge in [0.25, 0.3) is 5.91 Å². The number of pyridine rings is 1. The summed E-state index contributed by atoms with van der Waals surface area (Å²) in [5, 5.41) is 4.47. The zero-order valence-corrected chi connectivity index (χ0v) is 17.7. The van der Waals surface area contributed by atoms with Crippen LogP contribution in [0.2, 0.25) is 0 Å². The first-order valence-corrected chi connectivity index (χ1v) is 9.74. The molecule has 0 aromatic carbocycles. The Morgan fingerprint density at radius 2 is 2.04 bits per heavy atom. The van der Waals surface area contributed by atoms with Crippen LogP contribution in [0.3, 0.4) is 0 Å². The van der Waals surface area contributed by atoms with Crippen molar-refractivity contribution in [2.75, 3.05) is 18.1 Å². The highest BCUT2D eigenvalue weighted by Crippen LogP contribution is 2.37. The van der Waals surface area contributed by atoms with Crippen molar-refractivity contribution < 1.29 is 9.53 Å². The molecule has 28 heavy (non-hydrogen) atoms. The average molecular weight is 386 g/mol. The summed E-state index contributed by atoms with van der Waals surface area (Å²) < 4.78 is 7.43. The largest absolute Gasteiger partial charge is 0.476 e. The molecule has 1 atom stereocenters. The van der Waals surface area contributed by atoms with E-state index in [0.29, 0.717) is 35.6 Å². The molecule has 0 bridgehead atoms. The molecule has 7 heteroatoms. The van der Waals surface area contributed by atoms with Crippen molar-refractivity contribution in [3.8, 4) is 11.7 Å². The van der Waals surface area contributed by atoms with E-state index in [9.17, 15) is 4.79 Å². The number of rotatable bonds is 5. The highest BCUT2D eigenvalue weighted by atomic mass is 16.5. The zero-order valence-electron chi connectivity index (χ0n) is 17.7. The van der Waals surface area contributed by atoms with Gasteiger partial charge in [-0.3, -0.25) is 4.79 Å². The molecule has 0 spiro atoms. The van der Waals surface area contributed by atoms with Gasteiger partial charge in [-0.1, -0.05) is 27.7 Å². The lowest BCUT2D eigenvalue weighted by atomic mass is 9.97. The van der Waals surface area contributed by atoms with Crippen LogP contribution in [0.1, 0.15) is 58.3 Å². The summed E-state index contributed by atoms with van der Waals surface area (Å²) in [4.78, 5) is 19.0. The summed E-state index contributed by atoms with van der Waals surface area (Å²) in [5.74, 6) is 1.84. The highest BCUT2D eigenvalue weighted by Gasteiger charge is 2.38.